The highest BCUT2D eigenvalue weighted by atomic mass is 15.2. The Kier molecular flexibility index (Phi) is 2.14. The zero-order valence-electron chi connectivity index (χ0n) is 7.27. The Balaban J connectivity index is 2.03. The molecule has 1 aliphatic carbocycles. The normalized spacial score (nSPS) is 45.0. The Morgan fingerprint density at radius 3 is 2.82 bits per heavy atom. The molecule has 1 saturated heterocycles. The summed E-state index contributed by atoms with van der Waals surface area (Å²) in [5.74, 6) is 0.873. The van der Waals surface area contributed by atoms with E-state index in [9.17, 15) is 0 Å². The fourth-order valence-corrected chi connectivity index (χ4v) is 2.47. The number of hydrogen-bond acceptors (Lipinski definition) is 2. The van der Waals surface area contributed by atoms with Crippen molar-refractivity contribution in [3.05, 3.63) is 0 Å². The van der Waals surface area contributed by atoms with E-state index in [2.05, 4.69) is 17.6 Å². The van der Waals surface area contributed by atoms with Crippen LogP contribution in [0.2, 0.25) is 0 Å². The zero-order valence-corrected chi connectivity index (χ0v) is 7.27. The van der Waals surface area contributed by atoms with Crippen molar-refractivity contribution in [2.24, 2.45) is 5.92 Å². The molecule has 0 bridgehead atoms. The molecule has 0 amide bonds. The van der Waals surface area contributed by atoms with E-state index in [1.54, 1.807) is 0 Å². The third-order valence-electron chi connectivity index (χ3n) is 3.17. The number of nitrogens with one attached hydrogen (secondary N) is 2. The Morgan fingerprint density at radius 2 is 1.91 bits per heavy atom. The lowest BCUT2D eigenvalue weighted by molar-refractivity contribution is 0.379. The summed E-state index contributed by atoms with van der Waals surface area (Å²) >= 11 is 0. The van der Waals surface area contributed by atoms with Gasteiger partial charge in [-0.25, -0.2) is 0 Å². The van der Waals surface area contributed by atoms with Gasteiger partial charge in [-0.05, 0) is 18.8 Å². The molecular weight excluding hydrogens is 136 g/mol. The lowest BCUT2D eigenvalue weighted by Gasteiger charge is -2.21. The topological polar surface area (TPSA) is 24.1 Å². The Hall–Kier alpha value is -0.0800. The highest BCUT2D eigenvalue weighted by molar-refractivity contribution is 4.92. The Morgan fingerprint density at radius 1 is 1.09 bits per heavy atom. The quantitative estimate of drug-likeness (QED) is 0.545. The maximum absolute atomic E-state index is 3.54. The van der Waals surface area contributed by atoms with E-state index in [1.165, 1.54) is 25.7 Å². The first kappa shape index (κ1) is 7.56. The van der Waals surface area contributed by atoms with Crippen molar-refractivity contribution in [2.75, 3.05) is 6.67 Å². The summed E-state index contributed by atoms with van der Waals surface area (Å²) in [5.41, 5.74) is 0. The number of hydrogen-bond donors (Lipinski definition) is 2. The van der Waals surface area contributed by atoms with Gasteiger partial charge >= 0.3 is 0 Å². The van der Waals surface area contributed by atoms with Crippen molar-refractivity contribution < 1.29 is 0 Å². The van der Waals surface area contributed by atoms with Gasteiger partial charge in [-0.3, -0.25) is 5.32 Å². The monoisotopic (exact) mass is 154 g/mol. The van der Waals surface area contributed by atoms with Crippen molar-refractivity contribution in [3.8, 4) is 0 Å². The van der Waals surface area contributed by atoms with E-state index < -0.39 is 0 Å². The van der Waals surface area contributed by atoms with Crippen LogP contribution >= 0.6 is 0 Å². The molecule has 64 valence electrons. The van der Waals surface area contributed by atoms with Gasteiger partial charge in [0.1, 0.15) is 0 Å². The zero-order chi connectivity index (χ0) is 7.68. The first-order chi connectivity index (χ1) is 5.38. The molecule has 0 aromatic rings. The summed E-state index contributed by atoms with van der Waals surface area (Å²) in [7, 11) is 0. The molecule has 0 aromatic heterocycles. The van der Waals surface area contributed by atoms with Crippen molar-refractivity contribution >= 4 is 0 Å². The molecule has 2 fully saturated rings. The average molecular weight is 154 g/mol. The molecule has 1 heterocycles. The van der Waals surface area contributed by atoms with Crippen LogP contribution in [-0.4, -0.2) is 18.8 Å². The predicted molar refractivity (Wildman–Crippen MR) is 46.3 cm³/mol. The minimum Gasteiger partial charge on any atom is -0.300 e. The summed E-state index contributed by atoms with van der Waals surface area (Å²) in [5, 5.41) is 7.06. The second-order valence-corrected chi connectivity index (χ2v) is 3.98. The van der Waals surface area contributed by atoms with E-state index in [-0.39, 0.29) is 0 Å². The average Bonchev–Trinajstić information content (AvgIpc) is 2.40. The Labute approximate surface area is 68.7 Å². The summed E-state index contributed by atoms with van der Waals surface area (Å²) in [6, 6.07) is 1.53. The second-order valence-electron chi connectivity index (χ2n) is 3.98. The maximum atomic E-state index is 3.54. The molecule has 2 N–H and O–H groups in total. The largest absolute Gasteiger partial charge is 0.300 e. The highest BCUT2D eigenvalue weighted by Gasteiger charge is 2.31. The first-order valence-electron chi connectivity index (χ1n) is 4.84. The van der Waals surface area contributed by atoms with Crippen LogP contribution in [-0.2, 0) is 0 Å². The molecule has 3 atom stereocenters. The van der Waals surface area contributed by atoms with Gasteiger partial charge in [0.25, 0.3) is 0 Å². The minimum atomic E-state index is 0.762. The van der Waals surface area contributed by atoms with Crippen molar-refractivity contribution in [1.29, 1.82) is 0 Å². The predicted octanol–water partition coefficient (Wildman–Crippen LogP) is 1.08. The molecule has 0 radical (unpaired) electrons. The van der Waals surface area contributed by atoms with E-state index in [1.807, 2.05) is 0 Å². The standard InChI is InChI=1S/C9H18N2/c1-7-4-2-3-5-8-9(7)11-6-10-8/h7-11H,2-6H2,1H3. The molecule has 1 saturated carbocycles. The molecular formula is C9H18N2. The molecule has 11 heavy (non-hydrogen) atoms. The summed E-state index contributed by atoms with van der Waals surface area (Å²) in [6.07, 6.45) is 5.63. The fraction of sp³-hybridized carbons (Fsp3) is 1.00. The highest BCUT2D eigenvalue weighted by Crippen LogP contribution is 2.25. The van der Waals surface area contributed by atoms with Gasteiger partial charge in [0.05, 0.1) is 0 Å². The number of fused-ring (bicyclic) bond motifs is 1. The molecule has 2 heteroatoms. The van der Waals surface area contributed by atoms with Crippen LogP contribution in [0.25, 0.3) is 0 Å². The third-order valence-corrected chi connectivity index (χ3v) is 3.17. The van der Waals surface area contributed by atoms with E-state index in [0.717, 1.165) is 24.7 Å². The minimum absolute atomic E-state index is 0.762. The lowest BCUT2D eigenvalue weighted by Crippen LogP contribution is -2.37. The molecule has 3 unspecified atom stereocenters. The smallest absolute Gasteiger partial charge is 0.0459 e. The maximum Gasteiger partial charge on any atom is 0.0459 e. The van der Waals surface area contributed by atoms with Crippen LogP contribution in [0.15, 0.2) is 0 Å². The molecule has 0 spiro atoms. The first-order valence-corrected chi connectivity index (χ1v) is 4.84. The van der Waals surface area contributed by atoms with E-state index in [4.69, 9.17) is 0 Å². The number of rotatable bonds is 0. The molecule has 1 aliphatic heterocycles. The SMILES string of the molecule is CC1CCCCC2NCNC12. The van der Waals surface area contributed by atoms with Gasteiger partial charge in [0, 0.05) is 18.8 Å². The summed E-state index contributed by atoms with van der Waals surface area (Å²) < 4.78 is 0. The summed E-state index contributed by atoms with van der Waals surface area (Å²) in [4.78, 5) is 0. The van der Waals surface area contributed by atoms with Crippen LogP contribution in [0, 0.1) is 5.92 Å². The lowest BCUT2D eigenvalue weighted by atomic mass is 9.95. The van der Waals surface area contributed by atoms with Crippen molar-refractivity contribution in [3.63, 3.8) is 0 Å². The third kappa shape index (κ3) is 1.42. The van der Waals surface area contributed by atoms with Crippen LogP contribution in [0.1, 0.15) is 32.6 Å². The van der Waals surface area contributed by atoms with Crippen LogP contribution < -0.4 is 10.6 Å². The van der Waals surface area contributed by atoms with Crippen LogP contribution in [0.5, 0.6) is 0 Å². The van der Waals surface area contributed by atoms with Crippen LogP contribution in [0.4, 0.5) is 0 Å². The van der Waals surface area contributed by atoms with Gasteiger partial charge in [-0.2, -0.15) is 0 Å². The van der Waals surface area contributed by atoms with Crippen LogP contribution in [0.3, 0.4) is 0 Å². The van der Waals surface area contributed by atoms with Gasteiger partial charge in [-0.15, -0.1) is 0 Å². The van der Waals surface area contributed by atoms with Crippen molar-refractivity contribution in [2.45, 2.75) is 44.7 Å². The van der Waals surface area contributed by atoms with Crippen molar-refractivity contribution in [1.82, 2.24) is 10.6 Å². The molecule has 0 aromatic carbocycles. The fourth-order valence-electron chi connectivity index (χ4n) is 2.47. The van der Waals surface area contributed by atoms with Gasteiger partial charge in [0.2, 0.25) is 0 Å². The van der Waals surface area contributed by atoms with E-state index >= 15 is 0 Å². The van der Waals surface area contributed by atoms with Gasteiger partial charge in [-0.1, -0.05) is 19.8 Å². The van der Waals surface area contributed by atoms with E-state index in [0.29, 0.717) is 0 Å². The second kappa shape index (κ2) is 3.11. The summed E-state index contributed by atoms with van der Waals surface area (Å²) in [6.45, 7) is 3.41. The molecule has 2 nitrogen and oxygen atoms in total. The van der Waals surface area contributed by atoms with Gasteiger partial charge < -0.3 is 5.32 Å². The molecule has 2 rings (SSSR count). The Bertz CT molecular complexity index is 136. The molecule has 2 aliphatic rings. The van der Waals surface area contributed by atoms with Gasteiger partial charge in [0.15, 0.2) is 0 Å².